The van der Waals surface area contributed by atoms with Crippen LogP contribution in [0.2, 0.25) is 0 Å². The van der Waals surface area contributed by atoms with Gasteiger partial charge in [0.05, 0.1) is 0 Å². The van der Waals surface area contributed by atoms with Crippen molar-refractivity contribution < 1.29 is 19.7 Å². The van der Waals surface area contributed by atoms with E-state index in [1.807, 2.05) is 6.07 Å². The minimum absolute atomic E-state index is 0.0181. The van der Waals surface area contributed by atoms with Crippen LogP contribution in [0.1, 0.15) is 154 Å². The summed E-state index contributed by atoms with van der Waals surface area (Å²) in [6, 6.07) is 5.23. The Hall–Kier alpha value is -1.26. The summed E-state index contributed by atoms with van der Waals surface area (Å²) >= 11 is 0. The predicted octanol–water partition coefficient (Wildman–Crippen LogP) is 10.2. The highest BCUT2D eigenvalue weighted by Gasteiger charge is 2.10. The van der Waals surface area contributed by atoms with Gasteiger partial charge in [-0.15, -0.1) is 0 Å². The molecule has 0 radical (unpaired) electrons. The van der Waals surface area contributed by atoms with Gasteiger partial charge >= 0.3 is 0 Å². The van der Waals surface area contributed by atoms with Crippen LogP contribution in [-0.4, -0.2) is 29.7 Å². The zero-order chi connectivity index (χ0) is 26.8. The number of aryl methyl sites for hydroxylation is 1. The first-order valence-electron chi connectivity index (χ1n) is 15.9. The summed E-state index contributed by atoms with van der Waals surface area (Å²) in [5.74, 6) is 0.0250. The number of hydrogen-bond acceptors (Lipinski definition) is 4. The van der Waals surface area contributed by atoms with E-state index in [0.29, 0.717) is 0 Å². The Kier molecular flexibility index (Phi) is 22.9. The number of unbranched alkanes of at least 4 members (excludes halogenated alkanes) is 17. The fraction of sp³-hybridized carbons (Fsp3) is 0.818. The number of aromatic hydroxyl groups is 2. The molecule has 0 atom stereocenters. The van der Waals surface area contributed by atoms with E-state index in [4.69, 9.17) is 9.47 Å². The SMILES string of the molecule is CCCCCCCCCOC(CCCCCCCCc1cccc(O)c1O)OCCCCCCCCC. The second-order valence-corrected chi connectivity index (χ2v) is 10.9. The molecular weight excluding hydrogens is 460 g/mol. The average molecular weight is 521 g/mol. The number of para-hydroxylation sites is 1. The van der Waals surface area contributed by atoms with Crippen LogP contribution in [0.5, 0.6) is 11.5 Å². The van der Waals surface area contributed by atoms with Gasteiger partial charge in [0.25, 0.3) is 0 Å². The molecule has 0 aromatic heterocycles. The van der Waals surface area contributed by atoms with Crippen molar-refractivity contribution >= 4 is 0 Å². The fourth-order valence-corrected chi connectivity index (χ4v) is 4.88. The van der Waals surface area contributed by atoms with E-state index in [9.17, 15) is 10.2 Å². The molecule has 1 rings (SSSR count). The molecule has 0 saturated heterocycles. The lowest BCUT2D eigenvalue weighted by atomic mass is 10.0. The fourth-order valence-electron chi connectivity index (χ4n) is 4.88. The van der Waals surface area contributed by atoms with Crippen LogP contribution in [0.4, 0.5) is 0 Å². The van der Waals surface area contributed by atoms with E-state index in [2.05, 4.69) is 13.8 Å². The van der Waals surface area contributed by atoms with Crippen LogP contribution in [0.3, 0.4) is 0 Å². The first-order valence-corrected chi connectivity index (χ1v) is 15.9. The van der Waals surface area contributed by atoms with Gasteiger partial charge in [-0.3, -0.25) is 0 Å². The number of rotatable bonds is 27. The predicted molar refractivity (Wildman–Crippen MR) is 157 cm³/mol. The van der Waals surface area contributed by atoms with Crippen molar-refractivity contribution in [1.82, 2.24) is 0 Å². The summed E-state index contributed by atoms with van der Waals surface area (Å²) < 4.78 is 12.4. The average Bonchev–Trinajstić information content (AvgIpc) is 2.90. The van der Waals surface area contributed by atoms with Gasteiger partial charge in [-0.1, -0.05) is 129 Å². The first-order chi connectivity index (χ1) is 18.2. The molecule has 0 spiro atoms. The molecule has 0 heterocycles. The van der Waals surface area contributed by atoms with Gasteiger partial charge in [0.2, 0.25) is 0 Å². The molecule has 37 heavy (non-hydrogen) atoms. The van der Waals surface area contributed by atoms with Crippen molar-refractivity contribution in [2.75, 3.05) is 13.2 Å². The van der Waals surface area contributed by atoms with Crippen LogP contribution in [0, 0.1) is 0 Å². The molecule has 2 N–H and O–H groups in total. The monoisotopic (exact) mass is 520 g/mol. The highest BCUT2D eigenvalue weighted by atomic mass is 16.7. The molecule has 0 saturated carbocycles. The third-order valence-corrected chi connectivity index (χ3v) is 7.34. The van der Waals surface area contributed by atoms with Crippen LogP contribution in [-0.2, 0) is 15.9 Å². The zero-order valence-electron chi connectivity index (χ0n) is 24.5. The largest absolute Gasteiger partial charge is 0.504 e. The lowest BCUT2D eigenvalue weighted by Crippen LogP contribution is -2.19. The molecule has 0 unspecified atom stereocenters. The molecule has 4 nitrogen and oxygen atoms in total. The summed E-state index contributed by atoms with van der Waals surface area (Å²) in [7, 11) is 0. The van der Waals surface area contributed by atoms with Gasteiger partial charge in [-0.2, -0.15) is 0 Å². The quantitative estimate of drug-likeness (QED) is 0.0688. The van der Waals surface area contributed by atoms with E-state index < -0.39 is 0 Å². The van der Waals surface area contributed by atoms with Crippen molar-refractivity contribution in [2.45, 2.75) is 161 Å². The Balaban J connectivity index is 2.15. The Morgan fingerprint density at radius 2 is 1.03 bits per heavy atom. The summed E-state index contributed by atoms with van der Waals surface area (Å²) in [6.07, 6.45) is 27.1. The normalized spacial score (nSPS) is 11.5. The van der Waals surface area contributed by atoms with Gasteiger partial charge in [-0.05, 0) is 50.2 Å². The maximum absolute atomic E-state index is 9.92. The first kappa shape index (κ1) is 33.8. The summed E-state index contributed by atoms with van der Waals surface area (Å²) in [5.41, 5.74) is 0.846. The molecule has 216 valence electrons. The van der Waals surface area contributed by atoms with Crippen molar-refractivity contribution in [3.8, 4) is 11.5 Å². The van der Waals surface area contributed by atoms with Crippen LogP contribution in [0.15, 0.2) is 18.2 Å². The van der Waals surface area contributed by atoms with Gasteiger partial charge in [-0.25, -0.2) is 0 Å². The molecule has 0 amide bonds. The van der Waals surface area contributed by atoms with Crippen LogP contribution in [0.25, 0.3) is 0 Å². The van der Waals surface area contributed by atoms with Crippen LogP contribution >= 0.6 is 0 Å². The highest BCUT2D eigenvalue weighted by Crippen LogP contribution is 2.29. The van der Waals surface area contributed by atoms with E-state index >= 15 is 0 Å². The molecular formula is C33H60O4. The molecule has 0 bridgehead atoms. The maximum atomic E-state index is 9.92. The third-order valence-electron chi connectivity index (χ3n) is 7.34. The number of ether oxygens (including phenoxy) is 2. The van der Waals surface area contributed by atoms with E-state index in [-0.39, 0.29) is 17.8 Å². The van der Waals surface area contributed by atoms with E-state index in [1.165, 1.54) is 102 Å². The Morgan fingerprint density at radius 1 is 0.568 bits per heavy atom. The molecule has 1 aromatic carbocycles. The third kappa shape index (κ3) is 19.5. The molecule has 4 heteroatoms. The van der Waals surface area contributed by atoms with Gasteiger partial charge in [0.15, 0.2) is 17.8 Å². The second kappa shape index (κ2) is 25.0. The molecule has 0 aliphatic carbocycles. The molecule has 0 aliphatic rings. The number of benzene rings is 1. The number of hydrogen-bond donors (Lipinski definition) is 2. The molecule has 0 aliphatic heterocycles. The zero-order valence-corrected chi connectivity index (χ0v) is 24.5. The standard InChI is InChI=1S/C33H60O4/c1-3-5-7-9-13-17-21-28-36-32(37-29-22-18-14-10-8-6-4-2)27-20-16-12-11-15-19-24-30-25-23-26-31(34)33(30)35/h23,25-26,32,34-35H,3-22,24,27-29H2,1-2H3. The van der Waals surface area contributed by atoms with Crippen LogP contribution < -0.4 is 0 Å². The second-order valence-electron chi connectivity index (χ2n) is 10.9. The molecule has 0 fully saturated rings. The number of phenolic OH excluding ortho intramolecular Hbond substituents is 2. The Morgan fingerprint density at radius 3 is 1.57 bits per heavy atom. The molecule has 1 aromatic rings. The van der Waals surface area contributed by atoms with Crippen molar-refractivity contribution in [1.29, 1.82) is 0 Å². The Bertz CT molecular complexity index is 598. The van der Waals surface area contributed by atoms with Crippen molar-refractivity contribution in [2.24, 2.45) is 0 Å². The van der Waals surface area contributed by atoms with Crippen molar-refractivity contribution in [3.05, 3.63) is 23.8 Å². The summed E-state index contributed by atoms with van der Waals surface area (Å²) in [5, 5.41) is 19.5. The smallest absolute Gasteiger partial charge is 0.160 e. The van der Waals surface area contributed by atoms with Gasteiger partial charge in [0, 0.05) is 13.2 Å². The highest BCUT2D eigenvalue weighted by molar-refractivity contribution is 5.44. The maximum Gasteiger partial charge on any atom is 0.160 e. The summed E-state index contributed by atoms with van der Waals surface area (Å²) in [6.45, 7) is 6.20. The summed E-state index contributed by atoms with van der Waals surface area (Å²) in [4.78, 5) is 0. The minimum Gasteiger partial charge on any atom is -0.504 e. The van der Waals surface area contributed by atoms with E-state index in [0.717, 1.165) is 63.7 Å². The van der Waals surface area contributed by atoms with Crippen molar-refractivity contribution in [3.63, 3.8) is 0 Å². The topological polar surface area (TPSA) is 58.9 Å². The van der Waals surface area contributed by atoms with Gasteiger partial charge < -0.3 is 19.7 Å². The Labute approximate surface area is 229 Å². The van der Waals surface area contributed by atoms with Gasteiger partial charge in [0.1, 0.15) is 0 Å². The lowest BCUT2D eigenvalue weighted by Gasteiger charge is -2.19. The van der Waals surface area contributed by atoms with E-state index in [1.54, 1.807) is 6.07 Å². The number of phenols is 2. The minimum atomic E-state index is -0.0334. The lowest BCUT2D eigenvalue weighted by molar-refractivity contribution is -0.148.